The van der Waals surface area contributed by atoms with Crippen molar-refractivity contribution in [3.63, 3.8) is 0 Å². The van der Waals surface area contributed by atoms with Crippen LogP contribution in [0.3, 0.4) is 0 Å². The molecule has 0 heterocycles. The molecular weight excluding hydrogens is 300 g/mol. The Morgan fingerprint density at radius 3 is 2.45 bits per heavy atom. The van der Waals surface area contributed by atoms with Gasteiger partial charge in [0.2, 0.25) is 10.0 Å². The Morgan fingerprint density at radius 2 is 1.77 bits per heavy atom. The second-order valence-corrected chi connectivity index (χ2v) is 7.20. The quantitative estimate of drug-likeness (QED) is 0.793. The fraction of sp³-hybridized carbons (Fsp3) is 0.375. The molecule has 0 amide bonds. The molecule has 0 aromatic heterocycles. The molecular formula is C16H22N2O3S. The Hall–Kier alpha value is -1.63. The van der Waals surface area contributed by atoms with Gasteiger partial charge in [0.05, 0.1) is 12.0 Å². The number of hydrogen-bond donors (Lipinski definition) is 1. The largest absolute Gasteiger partial charge is 0.497 e. The van der Waals surface area contributed by atoms with E-state index in [9.17, 15) is 8.42 Å². The molecule has 22 heavy (non-hydrogen) atoms. The van der Waals surface area contributed by atoms with Gasteiger partial charge in [0.15, 0.2) is 0 Å². The van der Waals surface area contributed by atoms with Crippen molar-refractivity contribution < 1.29 is 13.2 Å². The highest BCUT2D eigenvalue weighted by Crippen LogP contribution is 2.23. The summed E-state index contributed by atoms with van der Waals surface area (Å²) in [7, 11) is 2.07. The van der Waals surface area contributed by atoms with Crippen LogP contribution in [0.4, 0.5) is 0 Å². The maximum atomic E-state index is 12.3. The minimum Gasteiger partial charge on any atom is -0.497 e. The number of fused-ring (bicyclic) bond motifs is 1. The molecule has 0 unspecified atom stereocenters. The van der Waals surface area contributed by atoms with Crippen LogP contribution < -0.4 is 9.46 Å². The molecule has 0 bridgehead atoms. The highest BCUT2D eigenvalue weighted by Gasteiger charge is 2.13. The zero-order chi connectivity index (χ0) is 16.2. The van der Waals surface area contributed by atoms with Crippen LogP contribution in [0.15, 0.2) is 41.3 Å². The minimum absolute atomic E-state index is 0.287. The monoisotopic (exact) mass is 322 g/mol. The van der Waals surface area contributed by atoms with E-state index in [1.165, 1.54) is 0 Å². The fourth-order valence-corrected chi connectivity index (χ4v) is 3.29. The minimum atomic E-state index is -3.47. The molecule has 0 saturated heterocycles. The van der Waals surface area contributed by atoms with Crippen molar-refractivity contribution in [3.05, 3.63) is 36.4 Å². The van der Waals surface area contributed by atoms with Gasteiger partial charge < -0.3 is 9.64 Å². The Balaban J connectivity index is 2.15. The summed E-state index contributed by atoms with van der Waals surface area (Å²) in [5.41, 5.74) is 0. The number of hydrogen-bond acceptors (Lipinski definition) is 4. The average molecular weight is 322 g/mol. The molecule has 5 nitrogen and oxygen atoms in total. The van der Waals surface area contributed by atoms with Crippen LogP contribution in [-0.2, 0) is 10.0 Å². The first kappa shape index (κ1) is 16.7. The maximum absolute atomic E-state index is 12.3. The lowest BCUT2D eigenvalue weighted by molar-refractivity contribution is 0.400. The predicted molar refractivity (Wildman–Crippen MR) is 88.9 cm³/mol. The zero-order valence-corrected chi connectivity index (χ0v) is 14.0. The van der Waals surface area contributed by atoms with Gasteiger partial charge in [0, 0.05) is 6.54 Å². The lowest BCUT2D eigenvalue weighted by atomic mass is 10.1. The van der Waals surface area contributed by atoms with E-state index in [4.69, 9.17) is 4.74 Å². The number of ether oxygens (including phenoxy) is 1. The fourth-order valence-electron chi connectivity index (χ4n) is 2.18. The third kappa shape index (κ3) is 4.19. The molecule has 2 aromatic rings. The van der Waals surface area contributed by atoms with Crippen molar-refractivity contribution in [2.75, 3.05) is 34.3 Å². The molecule has 0 aliphatic heterocycles. The van der Waals surface area contributed by atoms with Crippen LogP contribution in [0.2, 0.25) is 0 Å². The van der Waals surface area contributed by atoms with Crippen LogP contribution in [0.1, 0.15) is 6.42 Å². The van der Waals surface area contributed by atoms with Crippen LogP contribution in [0.25, 0.3) is 10.8 Å². The normalized spacial score (nSPS) is 12.0. The van der Waals surface area contributed by atoms with E-state index in [-0.39, 0.29) is 4.90 Å². The van der Waals surface area contributed by atoms with Crippen LogP contribution >= 0.6 is 0 Å². The SMILES string of the molecule is COc1ccc2cc(S(=O)(=O)NCCCN(C)C)ccc2c1. The van der Waals surface area contributed by atoms with Crippen LogP contribution in [-0.4, -0.2) is 47.6 Å². The molecule has 0 saturated carbocycles. The van der Waals surface area contributed by atoms with E-state index in [1.54, 1.807) is 25.3 Å². The van der Waals surface area contributed by atoms with Crippen LogP contribution in [0, 0.1) is 0 Å². The van der Waals surface area contributed by atoms with Gasteiger partial charge in [0.25, 0.3) is 0 Å². The summed E-state index contributed by atoms with van der Waals surface area (Å²) < 4.78 is 32.4. The van der Waals surface area contributed by atoms with Crippen molar-refractivity contribution in [1.82, 2.24) is 9.62 Å². The topological polar surface area (TPSA) is 58.6 Å². The second-order valence-electron chi connectivity index (χ2n) is 5.43. The number of methoxy groups -OCH3 is 1. The van der Waals surface area contributed by atoms with E-state index in [0.29, 0.717) is 6.54 Å². The highest BCUT2D eigenvalue weighted by molar-refractivity contribution is 7.89. The first-order valence-corrected chi connectivity index (χ1v) is 8.63. The van der Waals surface area contributed by atoms with Crippen molar-refractivity contribution in [1.29, 1.82) is 0 Å². The second kappa shape index (κ2) is 7.09. The van der Waals surface area contributed by atoms with Crippen molar-refractivity contribution in [2.24, 2.45) is 0 Å². The van der Waals surface area contributed by atoms with E-state index >= 15 is 0 Å². The Morgan fingerprint density at radius 1 is 1.09 bits per heavy atom. The summed E-state index contributed by atoms with van der Waals surface area (Å²) >= 11 is 0. The van der Waals surface area contributed by atoms with E-state index in [0.717, 1.165) is 29.5 Å². The van der Waals surface area contributed by atoms with Gasteiger partial charge in [0.1, 0.15) is 5.75 Å². The highest BCUT2D eigenvalue weighted by atomic mass is 32.2. The maximum Gasteiger partial charge on any atom is 0.240 e. The van der Waals surface area contributed by atoms with E-state index < -0.39 is 10.0 Å². The summed E-state index contributed by atoms with van der Waals surface area (Å²) in [6.07, 6.45) is 0.775. The van der Waals surface area contributed by atoms with Crippen LogP contribution in [0.5, 0.6) is 5.75 Å². The standard InChI is InChI=1S/C16H22N2O3S/c1-18(2)10-4-9-17-22(19,20)16-8-6-13-11-15(21-3)7-5-14(13)12-16/h5-8,11-12,17H,4,9-10H2,1-3H3. The van der Waals surface area contributed by atoms with Gasteiger partial charge in [-0.15, -0.1) is 0 Å². The van der Waals surface area contributed by atoms with Gasteiger partial charge in [-0.25, -0.2) is 13.1 Å². The predicted octanol–water partition coefficient (Wildman–Crippen LogP) is 2.08. The molecule has 0 fully saturated rings. The van der Waals surface area contributed by atoms with Crippen molar-refractivity contribution >= 4 is 20.8 Å². The lowest BCUT2D eigenvalue weighted by Crippen LogP contribution is -2.27. The van der Waals surface area contributed by atoms with Crippen molar-refractivity contribution in [2.45, 2.75) is 11.3 Å². The first-order chi connectivity index (χ1) is 10.4. The zero-order valence-electron chi connectivity index (χ0n) is 13.2. The lowest BCUT2D eigenvalue weighted by Gasteiger charge is -2.11. The van der Waals surface area contributed by atoms with Gasteiger partial charge in [-0.1, -0.05) is 12.1 Å². The molecule has 0 aliphatic carbocycles. The molecule has 6 heteroatoms. The number of sulfonamides is 1. The summed E-state index contributed by atoms with van der Waals surface area (Å²) in [6.45, 7) is 1.28. The molecule has 2 aromatic carbocycles. The van der Waals surface area contributed by atoms with Gasteiger partial charge in [-0.2, -0.15) is 0 Å². The average Bonchev–Trinajstić information content (AvgIpc) is 2.50. The van der Waals surface area contributed by atoms with Gasteiger partial charge in [-0.05, 0) is 62.1 Å². The smallest absolute Gasteiger partial charge is 0.240 e. The molecule has 0 radical (unpaired) electrons. The molecule has 2 rings (SSSR count). The molecule has 120 valence electrons. The third-order valence-corrected chi connectivity index (χ3v) is 4.86. The van der Waals surface area contributed by atoms with Gasteiger partial charge in [-0.3, -0.25) is 0 Å². The molecule has 1 N–H and O–H groups in total. The summed E-state index contributed by atoms with van der Waals surface area (Å²) in [4.78, 5) is 2.31. The molecule has 0 spiro atoms. The van der Waals surface area contributed by atoms with Gasteiger partial charge >= 0.3 is 0 Å². The van der Waals surface area contributed by atoms with E-state index in [2.05, 4.69) is 4.72 Å². The third-order valence-electron chi connectivity index (χ3n) is 3.40. The Bertz CT molecular complexity index is 742. The number of nitrogens with zero attached hydrogens (tertiary/aromatic N) is 1. The molecule has 0 atom stereocenters. The molecule has 0 aliphatic rings. The van der Waals surface area contributed by atoms with Crippen molar-refractivity contribution in [3.8, 4) is 5.75 Å². The Kier molecular flexibility index (Phi) is 5.39. The number of nitrogens with one attached hydrogen (secondary N) is 1. The first-order valence-electron chi connectivity index (χ1n) is 7.14. The summed E-state index contributed by atoms with van der Waals surface area (Å²) in [5.74, 6) is 0.755. The van der Waals surface area contributed by atoms with E-state index in [1.807, 2.05) is 37.2 Å². The summed E-state index contributed by atoms with van der Waals surface area (Å²) in [5, 5.41) is 1.82. The number of rotatable bonds is 7. The number of benzene rings is 2. The Labute approximate surface area is 131 Å². The summed E-state index contributed by atoms with van der Waals surface area (Å²) in [6, 6.07) is 10.7.